The fourth-order valence-electron chi connectivity index (χ4n) is 1.98. The maximum absolute atomic E-state index is 10.2. The minimum Gasteiger partial charge on any atom is -0.398 e. The summed E-state index contributed by atoms with van der Waals surface area (Å²) in [5, 5.41) is 0. The van der Waals surface area contributed by atoms with Crippen LogP contribution in [-0.4, -0.2) is 12.2 Å². The fraction of sp³-hybridized carbons (Fsp3) is 0.0588. The first-order chi connectivity index (χ1) is 10.7. The van der Waals surface area contributed by atoms with Gasteiger partial charge in [-0.25, -0.2) is 9.59 Å². The van der Waals surface area contributed by atoms with Crippen molar-refractivity contribution in [3.8, 4) is 0 Å². The van der Waals surface area contributed by atoms with Crippen LogP contribution in [0.2, 0.25) is 0 Å². The monoisotopic (exact) mass is 291 g/mol. The van der Waals surface area contributed by atoms with Crippen molar-refractivity contribution in [2.75, 3.05) is 0 Å². The number of carbonyl (C=O) groups excluding carboxylic acids is 2. The number of aliphatic imine (C=N–C) groups is 2. The highest BCUT2D eigenvalue weighted by Crippen LogP contribution is 2.25. The van der Waals surface area contributed by atoms with Crippen LogP contribution < -0.4 is 5.73 Å². The van der Waals surface area contributed by atoms with Crippen molar-refractivity contribution < 1.29 is 9.59 Å². The number of nitrogens with zero attached hydrogens (tertiary/aromatic N) is 2. The summed E-state index contributed by atoms with van der Waals surface area (Å²) in [4.78, 5) is 27.5. The quantitative estimate of drug-likeness (QED) is 0.531. The minimum atomic E-state index is 0.528. The van der Waals surface area contributed by atoms with Crippen LogP contribution in [0.1, 0.15) is 18.1 Å². The number of isocyanates is 2. The van der Waals surface area contributed by atoms with Crippen molar-refractivity contribution >= 4 is 34.8 Å². The summed E-state index contributed by atoms with van der Waals surface area (Å²) in [5.41, 5.74) is 10.5. The van der Waals surface area contributed by atoms with Gasteiger partial charge in [0.15, 0.2) is 0 Å². The van der Waals surface area contributed by atoms with E-state index in [2.05, 4.69) is 9.98 Å². The minimum absolute atomic E-state index is 0.528. The molecule has 108 valence electrons. The predicted molar refractivity (Wildman–Crippen MR) is 85.1 cm³/mol. The van der Waals surface area contributed by atoms with E-state index in [1.165, 1.54) is 12.2 Å². The lowest BCUT2D eigenvalue weighted by molar-refractivity contribution is 0.564. The number of hydrogen-bond acceptors (Lipinski definition) is 5. The molecule has 0 aliphatic rings. The Kier molecular flexibility index (Phi) is 4.78. The van der Waals surface area contributed by atoms with E-state index in [1.807, 2.05) is 19.1 Å². The van der Waals surface area contributed by atoms with Gasteiger partial charge in [0.05, 0.1) is 11.4 Å². The number of rotatable bonds is 4. The summed E-state index contributed by atoms with van der Waals surface area (Å²) < 4.78 is 0. The number of nitrogens with two attached hydrogens (primary N) is 1. The van der Waals surface area contributed by atoms with E-state index < -0.39 is 0 Å². The molecule has 5 nitrogen and oxygen atoms in total. The lowest BCUT2D eigenvalue weighted by Crippen LogP contribution is -1.99. The Bertz CT molecular complexity index is 723. The Morgan fingerprint density at radius 2 is 1.23 bits per heavy atom. The highest BCUT2D eigenvalue weighted by molar-refractivity contribution is 5.88. The van der Waals surface area contributed by atoms with Crippen LogP contribution >= 0.6 is 0 Å². The zero-order chi connectivity index (χ0) is 15.9. The van der Waals surface area contributed by atoms with Gasteiger partial charge in [-0.1, -0.05) is 24.3 Å². The van der Waals surface area contributed by atoms with Crippen LogP contribution in [-0.2, 0) is 9.59 Å². The molecule has 0 fully saturated rings. The van der Waals surface area contributed by atoms with Gasteiger partial charge in [-0.05, 0) is 47.9 Å². The molecule has 0 amide bonds. The van der Waals surface area contributed by atoms with Gasteiger partial charge in [0.1, 0.15) is 0 Å². The molecule has 0 spiro atoms. The second-order valence-electron chi connectivity index (χ2n) is 4.54. The fourth-order valence-corrected chi connectivity index (χ4v) is 1.98. The molecule has 0 aliphatic heterocycles. The number of allylic oxidation sites excluding steroid dienone is 1. The molecule has 2 rings (SSSR count). The summed E-state index contributed by atoms with van der Waals surface area (Å²) in [6.45, 7) is 1.91. The Hall–Kier alpha value is -3.26. The molecule has 5 heteroatoms. The van der Waals surface area contributed by atoms with E-state index in [-0.39, 0.29) is 0 Å². The summed E-state index contributed by atoms with van der Waals surface area (Å²) in [7, 11) is 0. The lowest BCUT2D eigenvalue weighted by atomic mass is 10.0. The molecule has 2 N–H and O–H groups in total. The van der Waals surface area contributed by atoms with Gasteiger partial charge in [0.2, 0.25) is 12.2 Å². The molecule has 2 aromatic rings. The molecule has 0 heterocycles. The van der Waals surface area contributed by atoms with Gasteiger partial charge in [-0.3, -0.25) is 0 Å². The topological polar surface area (TPSA) is 84.9 Å². The SMILES string of the molecule is C/C(=C(/N)c1ccc(N=C=O)cc1)c1ccc(N=C=O)cc1. The zero-order valence-electron chi connectivity index (χ0n) is 11.9. The summed E-state index contributed by atoms with van der Waals surface area (Å²) >= 11 is 0. The van der Waals surface area contributed by atoms with Crippen LogP contribution in [0.4, 0.5) is 11.4 Å². The molecule has 0 radical (unpaired) electrons. The average molecular weight is 291 g/mol. The van der Waals surface area contributed by atoms with Crippen molar-refractivity contribution in [1.82, 2.24) is 0 Å². The smallest absolute Gasteiger partial charge is 0.240 e. The van der Waals surface area contributed by atoms with Gasteiger partial charge < -0.3 is 5.73 Å². The first-order valence-electron chi connectivity index (χ1n) is 6.48. The van der Waals surface area contributed by atoms with E-state index >= 15 is 0 Å². The second-order valence-corrected chi connectivity index (χ2v) is 4.54. The second kappa shape index (κ2) is 6.95. The van der Waals surface area contributed by atoms with Crippen LogP contribution in [0.15, 0.2) is 58.5 Å². The third-order valence-electron chi connectivity index (χ3n) is 3.23. The average Bonchev–Trinajstić information content (AvgIpc) is 2.55. The molecule has 0 saturated carbocycles. The summed E-state index contributed by atoms with van der Waals surface area (Å²) in [6.07, 6.45) is 2.99. The van der Waals surface area contributed by atoms with E-state index in [1.54, 1.807) is 36.4 Å². The van der Waals surface area contributed by atoms with Gasteiger partial charge >= 0.3 is 0 Å². The van der Waals surface area contributed by atoms with Gasteiger partial charge in [-0.2, -0.15) is 9.98 Å². The van der Waals surface area contributed by atoms with E-state index in [9.17, 15) is 9.59 Å². The Balaban J connectivity index is 2.34. The Morgan fingerprint density at radius 3 is 1.64 bits per heavy atom. The molecule has 0 bridgehead atoms. The van der Waals surface area contributed by atoms with Crippen LogP contribution in [0.5, 0.6) is 0 Å². The van der Waals surface area contributed by atoms with Crippen LogP contribution in [0.25, 0.3) is 11.3 Å². The Labute approximate surface area is 127 Å². The van der Waals surface area contributed by atoms with Gasteiger partial charge in [-0.15, -0.1) is 0 Å². The van der Waals surface area contributed by atoms with Gasteiger partial charge in [0.25, 0.3) is 0 Å². The molecule has 0 aliphatic carbocycles. The largest absolute Gasteiger partial charge is 0.398 e. The van der Waals surface area contributed by atoms with Crippen molar-refractivity contribution in [2.24, 2.45) is 15.7 Å². The number of hydrogen-bond donors (Lipinski definition) is 1. The molecule has 22 heavy (non-hydrogen) atoms. The summed E-state index contributed by atoms with van der Waals surface area (Å²) in [6, 6.07) is 14.1. The molecular weight excluding hydrogens is 278 g/mol. The van der Waals surface area contributed by atoms with Crippen LogP contribution in [0.3, 0.4) is 0 Å². The van der Waals surface area contributed by atoms with Crippen molar-refractivity contribution in [1.29, 1.82) is 0 Å². The zero-order valence-corrected chi connectivity index (χ0v) is 11.9. The third kappa shape index (κ3) is 3.44. The standard InChI is InChI=1S/C17H13N3O2/c1-12(13-2-6-15(7-3-13)19-10-21)17(18)14-4-8-16(9-5-14)20-11-22/h2-9H,18H2,1H3/b17-12-. The lowest BCUT2D eigenvalue weighted by Gasteiger charge is -2.09. The molecule has 0 atom stereocenters. The first kappa shape index (κ1) is 15.1. The van der Waals surface area contributed by atoms with Crippen molar-refractivity contribution in [2.45, 2.75) is 6.92 Å². The van der Waals surface area contributed by atoms with E-state index in [4.69, 9.17) is 5.73 Å². The van der Waals surface area contributed by atoms with Crippen molar-refractivity contribution in [3.63, 3.8) is 0 Å². The number of benzene rings is 2. The normalized spacial score (nSPS) is 11.0. The molecule has 2 aromatic carbocycles. The highest BCUT2D eigenvalue weighted by Gasteiger charge is 2.05. The van der Waals surface area contributed by atoms with Gasteiger partial charge in [0, 0.05) is 5.70 Å². The molecule has 0 aromatic heterocycles. The molecule has 0 unspecified atom stereocenters. The van der Waals surface area contributed by atoms with Crippen LogP contribution in [0, 0.1) is 0 Å². The molecule has 0 saturated heterocycles. The third-order valence-corrected chi connectivity index (χ3v) is 3.23. The van der Waals surface area contributed by atoms with E-state index in [0.717, 1.165) is 16.7 Å². The highest BCUT2D eigenvalue weighted by atomic mass is 16.1. The Morgan fingerprint density at radius 1 is 0.818 bits per heavy atom. The summed E-state index contributed by atoms with van der Waals surface area (Å²) in [5.74, 6) is 0. The van der Waals surface area contributed by atoms with E-state index in [0.29, 0.717) is 17.1 Å². The van der Waals surface area contributed by atoms with Crippen molar-refractivity contribution in [3.05, 3.63) is 59.7 Å². The molecular formula is C17H13N3O2. The predicted octanol–water partition coefficient (Wildman–Crippen LogP) is 3.47. The maximum Gasteiger partial charge on any atom is 0.240 e. The first-order valence-corrected chi connectivity index (χ1v) is 6.48. The maximum atomic E-state index is 10.2.